The Bertz CT molecular complexity index is 873. The zero-order valence-corrected chi connectivity index (χ0v) is 17.3. The number of aromatic nitrogens is 1. The number of fused-ring (bicyclic) bond motifs is 1. The van der Waals surface area contributed by atoms with Gasteiger partial charge in [0.15, 0.2) is 0 Å². The summed E-state index contributed by atoms with van der Waals surface area (Å²) in [5, 5.41) is 0. The second kappa shape index (κ2) is 8.03. The third-order valence-electron chi connectivity index (χ3n) is 4.45. The molecule has 0 fully saturated rings. The van der Waals surface area contributed by atoms with Crippen molar-refractivity contribution >= 4 is 42.1 Å². The summed E-state index contributed by atoms with van der Waals surface area (Å²) in [6.07, 6.45) is 7.05. The van der Waals surface area contributed by atoms with Crippen LogP contribution in [-0.4, -0.2) is 28.6 Å². The van der Waals surface area contributed by atoms with E-state index in [1.54, 1.807) is 0 Å². The topological polar surface area (TPSA) is 7.12 Å². The number of hydrogen-bond acceptors (Lipinski definition) is 1. The average Bonchev–Trinajstić information content (AvgIpc) is 2.95. The van der Waals surface area contributed by atoms with Crippen LogP contribution in [0.4, 0.5) is 5.69 Å². The minimum atomic E-state index is 0.398. The predicted octanol–water partition coefficient (Wildman–Crippen LogP) is 4.53. The van der Waals surface area contributed by atoms with Crippen LogP contribution in [-0.2, 0) is 6.54 Å². The van der Waals surface area contributed by atoms with Gasteiger partial charge < -0.3 is 0 Å². The molecule has 0 atom stereocenters. The van der Waals surface area contributed by atoms with Crippen molar-refractivity contribution < 1.29 is 4.57 Å². The van der Waals surface area contributed by atoms with Crippen LogP contribution in [0, 0.1) is 6.92 Å². The van der Waals surface area contributed by atoms with Gasteiger partial charge in [-0.25, -0.2) is 0 Å². The van der Waals surface area contributed by atoms with E-state index in [0.717, 1.165) is 6.54 Å². The molecule has 0 unspecified atom stereocenters. The summed E-state index contributed by atoms with van der Waals surface area (Å²) in [6, 6.07) is 15.6. The zero-order chi connectivity index (χ0) is 17.8. The van der Waals surface area contributed by atoms with Crippen molar-refractivity contribution in [2.75, 3.05) is 19.0 Å². The molecule has 1 heterocycles. The molecular formula is C22H27N2Se+. The maximum absolute atomic E-state index is 2.53. The number of unbranched alkanes of at least 4 members (excludes halogenated alkanes) is 1. The fraction of sp³-hybridized carbons (Fsp3) is 0.318. The number of benzene rings is 2. The molecule has 0 amide bonds. The van der Waals surface area contributed by atoms with Crippen LogP contribution in [0.25, 0.3) is 21.9 Å². The van der Waals surface area contributed by atoms with Crippen LogP contribution in [0.5, 0.6) is 0 Å². The van der Waals surface area contributed by atoms with E-state index in [9.17, 15) is 0 Å². The number of nitrogens with zero attached hydrogens (tertiary/aromatic N) is 2. The van der Waals surface area contributed by atoms with Crippen molar-refractivity contribution in [2.45, 2.75) is 33.2 Å². The summed E-state index contributed by atoms with van der Waals surface area (Å²) in [5.41, 5.74) is 5.28. The second-order valence-corrected chi connectivity index (χ2v) is 8.96. The van der Waals surface area contributed by atoms with E-state index in [4.69, 9.17) is 0 Å². The number of anilines is 1. The molecule has 25 heavy (non-hydrogen) atoms. The van der Waals surface area contributed by atoms with Crippen LogP contribution >= 0.6 is 0 Å². The van der Waals surface area contributed by atoms with Gasteiger partial charge in [0.25, 0.3) is 0 Å². The Morgan fingerprint density at radius 3 is 2.48 bits per heavy atom. The molecule has 0 aliphatic heterocycles. The molecule has 0 aliphatic carbocycles. The summed E-state index contributed by atoms with van der Waals surface area (Å²) in [7, 11) is 4.15. The van der Waals surface area contributed by atoms with Gasteiger partial charge in [-0.3, -0.25) is 0 Å². The first-order valence-corrected chi connectivity index (χ1v) is 10.7. The Balaban J connectivity index is 1.93. The molecular weight excluding hydrogens is 371 g/mol. The number of aryl methyl sites for hydroxylation is 2. The summed E-state index contributed by atoms with van der Waals surface area (Å²) in [4.78, 5) is 2.13. The molecule has 0 N–H and O–H groups in total. The van der Waals surface area contributed by atoms with Crippen LogP contribution in [0.15, 0.2) is 42.5 Å². The van der Waals surface area contributed by atoms with Crippen molar-refractivity contribution in [3.63, 3.8) is 0 Å². The molecule has 0 saturated carbocycles. The van der Waals surface area contributed by atoms with Gasteiger partial charge in [0.2, 0.25) is 0 Å². The molecule has 0 saturated heterocycles. The van der Waals surface area contributed by atoms with Gasteiger partial charge in [0.05, 0.1) is 0 Å². The van der Waals surface area contributed by atoms with Gasteiger partial charge >= 0.3 is 157 Å². The summed E-state index contributed by atoms with van der Waals surface area (Å²) in [6.45, 7) is 5.57. The fourth-order valence-electron chi connectivity index (χ4n) is 2.93. The third-order valence-corrected chi connectivity index (χ3v) is 6.78. The normalized spacial score (nSPS) is 11.5. The molecule has 2 aromatic carbocycles. The van der Waals surface area contributed by atoms with Crippen molar-refractivity contribution in [1.82, 2.24) is 0 Å². The predicted molar refractivity (Wildman–Crippen MR) is 110 cm³/mol. The Hall–Kier alpha value is -1.83. The van der Waals surface area contributed by atoms with Crippen molar-refractivity contribution in [3.05, 3.63) is 58.2 Å². The molecule has 130 valence electrons. The molecule has 3 heteroatoms. The summed E-state index contributed by atoms with van der Waals surface area (Å²) >= 11 is 0.398. The van der Waals surface area contributed by atoms with E-state index in [-0.39, 0.29) is 0 Å². The van der Waals surface area contributed by atoms with Gasteiger partial charge in [-0.2, -0.15) is 0 Å². The second-order valence-electron chi connectivity index (χ2n) is 6.74. The van der Waals surface area contributed by atoms with Gasteiger partial charge in [-0.15, -0.1) is 0 Å². The van der Waals surface area contributed by atoms with Crippen LogP contribution in [0.1, 0.15) is 35.5 Å². The molecule has 0 spiro atoms. The molecule has 3 rings (SSSR count). The minimum absolute atomic E-state index is 0.398. The van der Waals surface area contributed by atoms with Gasteiger partial charge in [-0.1, -0.05) is 0 Å². The van der Waals surface area contributed by atoms with Crippen molar-refractivity contribution in [3.8, 4) is 0 Å². The summed E-state index contributed by atoms with van der Waals surface area (Å²) < 4.78 is 5.52. The quantitative estimate of drug-likeness (QED) is 0.437. The summed E-state index contributed by atoms with van der Waals surface area (Å²) in [5.74, 6) is 0. The Kier molecular flexibility index (Phi) is 5.78. The Labute approximate surface area is 157 Å². The molecule has 0 aliphatic rings. The first-order valence-electron chi connectivity index (χ1n) is 8.97. The molecule has 1 aromatic heterocycles. The number of rotatable bonds is 6. The Morgan fingerprint density at radius 2 is 1.80 bits per heavy atom. The zero-order valence-electron chi connectivity index (χ0n) is 15.6. The van der Waals surface area contributed by atoms with E-state index < -0.39 is 0 Å². The molecule has 0 radical (unpaired) electrons. The van der Waals surface area contributed by atoms with Crippen LogP contribution in [0.2, 0.25) is 0 Å². The van der Waals surface area contributed by atoms with Crippen LogP contribution in [0.3, 0.4) is 0 Å². The van der Waals surface area contributed by atoms with Crippen LogP contribution < -0.4 is 9.47 Å². The number of hydrogen-bond donors (Lipinski definition) is 0. The van der Waals surface area contributed by atoms with E-state index >= 15 is 0 Å². The van der Waals surface area contributed by atoms with Gasteiger partial charge in [-0.05, 0) is 0 Å². The first kappa shape index (κ1) is 18.0. The van der Waals surface area contributed by atoms with E-state index in [1.807, 2.05) is 0 Å². The fourth-order valence-corrected chi connectivity index (χ4v) is 5.43. The van der Waals surface area contributed by atoms with Gasteiger partial charge in [0.1, 0.15) is 0 Å². The first-order chi connectivity index (χ1) is 12.1. The van der Waals surface area contributed by atoms with Crippen molar-refractivity contribution in [2.24, 2.45) is 0 Å². The van der Waals surface area contributed by atoms with E-state index in [1.165, 1.54) is 44.0 Å². The SMILES string of the molecule is CCCC[n+]1c(C=Cc2ccc(N(C)C)cc2)[se]c2cc(C)ccc21. The van der Waals surface area contributed by atoms with E-state index in [2.05, 4.69) is 92.0 Å². The van der Waals surface area contributed by atoms with Crippen molar-refractivity contribution in [1.29, 1.82) is 0 Å². The van der Waals surface area contributed by atoms with Gasteiger partial charge in [0, 0.05) is 0 Å². The van der Waals surface area contributed by atoms with E-state index in [0.29, 0.717) is 14.5 Å². The Morgan fingerprint density at radius 1 is 1.04 bits per heavy atom. The molecule has 0 bridgehead atoms. The maximum atomic E-state index is 2.53. The average molecular weight is 398 g/mol. The molecule has 2 nitrogen and oxygen atoms in total. The third kappa shape index (κ3) is 4.23. The standard InChI is InChI=1S/C22H27N2Se/c1-5-6-15-24-20-13-7-17(2)16-21(20)25-22(24)14-10-18-8-11-19(12-9-18)23(3)4/h7-14,16H,5-6,15H2,1-4H3/q+1. The molecule has 3 aromatic rings. The monoisotopic (exact) mass is 399 g/mol.